The molecule has 20 heavy (non-hydrogen) atoms. The molecule has 0 aliphatic heterocycles. The molecular formula is C16H13ClN2S. The fourth-order valence-electron chi connectivity index (χ4n) is 1.94. The summed E-state index contributed by atoms with van der Waals surface area (Å²) in [5, 5.41) is 0.760. The Bertz CT molecular complexity index is 741. The third-order valence-electron chi connectivity index (χ3n) is 3.03. The van der Waals surface area contributed by atoms with E-state index in [-0.39, 0.29) is 0 Å². The van der Waals surface area contributed by atoms with Gasteiger partial charge >= 0.3 is 0 Å². The van der Waals surface area contributed by atoms with Gasteiger partial charge in [0.05, 0.1) is 22.4 Å². The Hall–Kier alpha value is -1.58. The first-order valence-electron chi connectivity index (χ1n) is 6.33. The average molecular weight is 301 g/mol. The van der Waals surface area contributed by atoms with Gasteiger partial charge in [-0.1, -0.05) is 23.7 Å². The first-order valence-corrected chi connectivity index (χ1v) is 7.69. The molecule has 0 N–H and O–H groups in total. The molecule has 0 aliphatic carbocycles. The number of benzene rings is 2. The van der Waals surface area contributed by atoms with Crippen molar-refractivity contribution in [3.63, 3.8) is 0 Å². The number of fused-ring (bicyclic) bond motifs is 1. The summed E-state index contributed by atoms with van der Waals surface area (Å²) in [6, 6.07) is 15.8. The van der Waals surface area contributed by atoms with Gasteiger partial charge in [-0.05, 0) is 43.3 Å². The van der Waals surface area contributed by atoms with Crippen LogP contribution < -0.4 is 0 Å². The van der Waals surface area contributed by atoms with Crippen LogP contribution in [-0.2, 0) is 5.75 Å². The number of thioether (sulfide) groups is 1. The topological polar surface area (TPSA) is 25.8 Å². The molecule has 0 spiro atoms. The molecule has 3 aromatic rings. The van der Waals surface area contributed by atoms with Gasteiger partial charge in [-0.2, -0.15) is 0 Å². The summed E-state index contributed by atoms with van der Waals surface area (Å²) >= 11 is 7.63. The van der Waals surface area contributed by atoms with E-state index in [1.165, 1.54) is 4.90 Å². The van der Waals surface area contributed by atoms with Crippen LogP contribution in [0.2, 0.25) is 5.02 Å². The molecular weight excluding hydrogens is 288 g/mol. The van der Waals surface area contributed by atoms with Crippen LogP contribution in [0.1, 0.15) is 11.4 Å². The van der Waals surface area contributed by atoms with Crippen molar-refractivity contribution in [1.82, 2.24) is 9.97 Å². The first kappa shape index (κ1) is 13.4. The van der Waals surface area contributed by atoms with Crippen LogP contribution in [0.15, 0.2) is 53.4 Å². The summed E-state index contributed by atoms with van der Waals surface area (Å²) in [6.07, 6.45) is 0. The lowest BCUT2D eigenvalue weighted by molar-refractivity contribution is 1.08. The number of nitrogens with zero attached hydrogens (tertiary/aromatic N) is 2. The van der Waals surface area contributed by atoms with Gasteiger partial charge in [0.2, 0.25) is 0 Å². The van der Waals surface area contributed by atoms with Gasteiger partial charge in [0, 0.05) is 15.7 Å². The summed E-state index contributed by atoms with van der Waals surface area (Å²) in [5.41, 5.74) is 3.92. The zero-order valence-electron chi connectivity index (χ0n) is 11.0. The molecule has 0 radical (unpaired) electrons. The molecule has 0 saturated heterocycles. The van der Waals surface area contributed by atoms with Crippen LogP contribution in [0.4, 0.5) is 0 Å². The Kier molecular flexibility index (Phi) is 3.90. The second kappa shape index (κ2) is 5.81. The smallest absolute Gasteiger partial charge is 0.0890 e. The average Bonchev–Trinajstić information content (AvgIpc) is 2.47. The van der Waals surface area contributed by atoms with Crippen molar-refractivity contribution in [2.45, 2.75) is 17.6 Å². The Labute approximate surface area is 127 Å². The first-order chi connectivity index (χ1) is 9.72. The molecule has 1 aromatic heterocycles. The van der Waals surface area contributed by atoms with Crippen molar-refractivity contribution in [1.29, 1.82) is 0 Å². The molecule has 3 rings (SSSR count). The fourth-order valence-corrected chi connectivity index (χ4v) is 2.98. The Morgan fingerprint density at radius 2 is 1.60 bits per heavy atom. The molecule has 0 amide bonds. The van der Waals surface area contributed by atoms with E-state index in [4.69, 9.17) is 16.6 Å². The predicted molar refractivity (Wildman–Crippen MR) is 85.3 cm³/mol. The maximum absolute atomic E-state index is 5.89. The van der Waals surface area contributed by atoms with E-state index in [1.807, 2.05) is 55.5 Å². The monoisotopic (exact) mass is 300 g/mol. The van der Waals surface area contributed by atoms with E-state index < -0.39 is 0 Å². The summed E-state index contributed by atoms with van der Waals surface area (Å²) in [7, 11) is 0. The molecule has 0 aliphatic rings. The van der Waals surface area contributed by atoms with E-state index in [0.29, 0.717) is 0 Å². The van der Waals surface area contributed by atoms with Gasteiger partial charge in [0.25, 0.3) is 0 Å². The Morgan fingerprint density at radius 3 is 2.30 bits per heavy atom. The lowest BCUT2D eigenvalue weighted by atomic mass is 10.2. The van der Waals surface area contributed by atoms with Gasteiger partial charge in [-0.15, -0.1) is 11.8 Å². The van der Waals surface area contributed by atoms with E-state index in [1.54, 1.807) is 11.8 Å². The number of aryl methyl sites for hydroxylation is 1. The largest absolute Gasteiger partial charge is 0.250 e. The highest BCUT2D eigenvalue weighted by atomic mass is 35.5. The van der Waals surface area contributed by atoms with Crippen LogP contribution in [0, 0.1) is 6.92 Å². The molecule has 2 nitrogen and oxygen atoms in total. The molecule has 0 saturated carbocycles. The van der Waals surface area contributed by atoms with Crippen LogP contribution in [0.5, 0.6) is 0 Å². The number of para-hydroxylation sites is 2. The molecule has 0 bridgehead atoms. The fraction of sp³-hybridized carbons (Fsp3) is 0.125. The Morgan fingerprint density at radius 1 is 0.950 bits per heavy atom. The van der Waals surface area contributed by atoms with Crippen LogP contribution in [0.25, 0.3) is 11.0 Å². The molecule has 4 heteroatoms. The zero-order valence-corrected chi connectivity index (χ0v) is 12.6. The van der Waals surface area contributed by atoms with Crippen molar-refractivity contribution in [3.8, 4) is 0 Å². The quantitative estimate of drug-likeness (QED) is 0.644. The molecule has 1 heterocycles. The van der Waals surface area contributed by atoms with E-state index >= 15 is 0 Å². The lowest BCUT2D eigenvalue weighted by Crippen LogP contribution is -1.96. The van der Waals surface area contributed by atoms with Crippen molar-refractivity contribution in [2.24, 2.45) is 0 Å². The van der Waals surface area contributed by atoms with E-state index in [0.717, 1.165) is 33.2 Å². The molecule has 2 aromatic carbocycles. The minimum absolute atomic E-state index is 0.760. The number of rotatable bonds is 3. The highest BCUT2D eigenvalue weighted by Gasteiger charge is 2.05. The number of halogens is 1. The molecule has 0 fully saturated rings. The van der Waals surface area contributed by atoms with E-state index in [9.17, 15) is 0 Å². The minimum atomic E-state index is 0.760. The van der Waals surface area contributed by atoms with Crippen molar-refractivity contribution >= 4 is 34.4 Å². The number of aromatic nitrogens is 2. The van der Waals surface area contributed by atoms with Gasteiger partial charge < -0.3 is 0 Å². The normalized spacial score (nSPS) is 10.9. The van der Waals surface area contributed by atoms with Crippen molar-refractivity contribution in [3.05, 3.63) is 64.9 Å². The molecule has 100 valence electrons. The summed E-state index contributed by atoms with van der Waals surface area (Å²) in [5.74, 6) is 0.811. The third kappa shape index (κ3) is 2.94. The molecule has 0 unspecified atom stereocenters. The summed E-state index contributed by atoms with van der Waals surface area (Å²) in [4.78, 5) is 10.5. The minimum Gasteiger partial charge on any atom is -0.250 e. The van der Waals surface area contributed by atoms with Gasteiger partial charge in [0.15, 0.2) is 0 Å². The predicted octanol–water partition coefficient (Wildman–Crippen LogP) is 4.88. The van der Waals surface area contributed by atoms with Crippen LogP contribution in [-0.4, -0.2) is 9.97 Å². The highest BCUT2D eigenvalue weighted by Crippen LogP contribution is 2.25. The summed E-state index contributed by atoms with van der Waals surface area (Å²) in [6.45, 7) is 2.01. The van der Waals surface area contributed by atoms with Gasteiger partial charge in [0.1, 0.15) is 0 Å². The number of hydrogen-bond donors (Lipinski definition) is 0. The standard InChI is InChI=1S/C16H13ClN2S/c1-11-16(10-20-13-8-6-12(17)7-9-13)19-15-5-3-2-4-14(15)18-11/h2-9H,10H2,1H3. The van der Waals surface area contributed by atoms with E-state index in [2.05, 4.69) is 4.98 Å². The zero-order chi connectivity index (χ0) is 13.9. The van der Waals surface area contributed by atoms with Crippen molar-refractivity contribution < 1.29 is 0 Å². The highest BCUT2D eigenvalue weighted by molar-refractivity contribution is 7.98. The second-order valence-corrected chi connectivity index (χ2v) is 5.97. The SMILES string of the molecule is Cc1nc2ccccc2nc1CSc1ccc(Cl)cc1. The van der Waals surface area contributed by atoms with Crippen molar-refractivity contribution in [2.75, 3.05) is 0 Å². The second-order valence-electron chi connectivity index (χ2n) is 4.49. The number of hydrogen-bond acceptors (Lipinski definition) is 3. The van der Waals surface area contributed by atoms with Crippen LogP contribution in [0.3, 0.4) is 0 Å². The maximum Gasteiger partial charge on any atom is 0.0890 e. The Balaban J connectivity index is 1.83. The lowest BCUT2D eigenvalue weighted by Gasteiger charge is -2.06. The third-order valence-corrected chi connectivity index (χ3v) is 4.31. The summed E-state index contributed by atoms with van der Waals surface area (Å²) < 4.78 is 0. The van der Waals surface area contributed by atoms with Gasteiger partial charge in [-0.25, -0.2) is 9.97 Å². The van der Waals surface area contributed by atoms with Gasteiger partial charge in [-0.3, -0.25) is 0 Å². The maximum atomic E-state index is 5.89. The van der Waals surface area contributed by atoms with Crippen LogP contribution >= 0.6 is 23.4 Å². The molecule has 0 atom stereocenters.